The fourth-order valence-corrected chi connectivity index (χ4v) is 2.01. The van der Waals surface area contributed by atoms with Gasteiger partial charge in [-0.05, 0) is 18.2 Å². The molecule has 0 amide bonds. The van der Waals surface area contributed by atoms with Gasteiger partial charge in [0.1, 0.15) is 12.1 Å². The van der Waals surface area contributed by atoms with Crippen molar-refractivity contribution in [2.45, 2.75) is 0 Å². The van der Waals surface area contributed by atoms with Crippen molar-refractivity contribution in [1.82, 2.24) is 9.97 Å². The third-order valence-electron chi connectivity index (χ3n) is 2.90. The zero-order chi connectivity index (χ0) is 13.7. The van der Waals surface area contributed by atoms with Crippen molar-refractivity contribution in [3.05, 3.63) is 49.8 Å². The summed E-state index contributed by atoms with van der Waals surface area (Å²) in [5, 5.41) is 4.16. The lowest BCUT2D eigenvalue weighted by molar-refractivity contribution is 0.928. The van der Waals surface area contributed by atoms with Gasteiger partial charge in [-0.15, -0.1) is 25.6 Å². The number of rotatable bonds is 6. The van der Waals surface area contributed by atoms with Crippen LogP contribution >= 0.6 is 12.4 Å². The van der Waals surface area contributed by atoms with Crippen molar-refractivity contribution in [2.24, 2.45) is 0 Å². The molecule has 0 saturated carbocycles. The third-order valence-corrected chi connectivity index (χ3v) is 2.90. The van der Waals surface area contributed by atoms with Gasteiger partial charge in [0.2, 0.25) is 0 Å². The number of nitrogens with one attached hydrogen (secondary N) is 1. The highest BCUT2D eigenvalue weighted by Gasteiger charge is 2.10. The molecule has 0 aliphatic rings. The first-order valence-electron chi connectivity index (χ1n) is 6.19. The lowest BCUT2D eigenvalue weighted by atomic mass is 10.2. The predicted molar refractivity (Wildman–Crippen MR) is 88.9 cm³/mol. The molecule has 0 radical (unpaired) electrons. The maximum atomic E-state index is 4.41. The summed E-state index contributed by atoms with van der Waals surface area (Å²) in [5.74, 6) is 0.905. The highest BCUT2D eigenvalue weighted by Crippen LogP contribution is 2.25. The molecule has 1 N–H and O–H groups in total. The summed E-state index contributed by atoms with van der Waals surface area (Å²) in [6.45, 7) is 9.03. The van der Waals surface area contributed by atoms with Crippen molar-refractivity contribution in [3.63, 3.8) is 0 Å². The van der Waals surface area contributed by atoms with Gasteiger partial charge in [-0.25, -0.2) is 9.97 Å². The largest absolute Gasteiger partial charge is 0.388 e. The molecule has 0 fully saturated rings. The van der Waals surface area contributed by atoms with Crippen molar-refractivity contribution in [3.8, 4) is 0 Å². The normalized spacial score (nSPS) is 9.65. The van der Waals surface area contributed by atoms with Crippen LogP contribution in [0, 0.1) is 0 Å². The van der Waals surface area contributed by atoms with E-state index in [9.17, 15) is 0 Å². The molecule has 1 aromatic carbocycles. The fraction of sp³-hybridized carbons (Fsp3) is 0.200. The van der Waals surface area contributed by atoms with Crippen LogP contribution in [0.5, 0.6) is 0 Å². The molecule has 0 bridgehead atoms. The number of benzene rings is 1. The first-order chi connectivity index (χ1) is 9.30. The van der Waals surface area contributed by atoms with E-state index in [0.717, 1.165) is 35.5 Å². The molecule has 0 atom stereocenters. The molecule has 0 unspecified atom stereocenters. The van der Waals surface area contributed by atoms with Crippen LogP contribution in [0.15, 0.2) is 49.8 Å². The van der Waals surface area contributed by atoms with E-state index in [1.54, 1.807) is 6.33 Å². The van der Waals surface area contributed by atoms with Gasteiger partial charge in [0, 0.05) is 31.2 Å². The minimum absolute atomic E-state index is 0. The summed E-state index contributed by atoms with van der Waals surface area (Å²) in [6, 6.07) is 6.06. The second kappa shape index (κ2) is 7.50. The second-order valence-corrected chi connectivity index (χ2v) is 4.16. The molecule has 1 heterocycles. The minimum Gasteiger partial charge on any atom is -0.388 e. The number of hydrogen-bond acceptors (Lipinski definition) is 4. The van der Waals surface area contributed by atoms with Crippen LogP contribution < -0.4 is 10.2 Å². The van der Waals surface area contributed by atoms with E-state index >= 15 is 0 Å². The number of anilines is 2. The van der Waals surface area contributed by atoms with Gasteiger partial charge in [-0.3, -0.25) is 0 Å². The average molecular weight is 291 g/mol. The Balaban J connectivity index is 0.00000200. The molecule has 2 rings (SSSR count). The zero-order valence-electron chi connectivity index (χ0n) is 11.5. The molecule has 0 aliphatic heterocycles. The van der Waals surface area contributed by atoms with Crippen LogP contribution in [0.3, 0.4) is 0 Å². The summed E-state index contributed by atoms with van der Waals surface area (Å²) in [7, 11) is 1.90. The van der Waals surface area contributed by atoms with Gasteiger partial charge >= 0.3 is 0 Å². The smallest absolute Gasteiger partial charge is 0.140 e. The molecule has 0 aliphatic carbocycles. The summed E-state index contributed by atoms with van der Waals surface area (Å²) >= 11 is 0. The molecule has 2 aromatic rings. The first kappa shape index (κ1) is 16.0. The van der Waals surface area contributed by atoms with E-state index < -0.39 is 0 Å². The molecule has 0 spiro atoms. The van der Waals surface area contributed by atoms with Crippen LogP contribution in [0.25, 0.3) is 10.9 Å². The van der Waals surface area contributed by atoms with Crippen LogP contribution in [-0.2, 0) is 0 Å². The maximum Gasteiger partial charge on any atom is 0.140 e. The highest BCUT2D eigenvalue weighted by molar-refractivity contribution is 5.92. The molecule has 5 heteroatoms. The van der Waals surface area contributed by atoms with Crippen LogP contribution in [0.4, 0.5) is 11.5 Å². The van der Waals surface area contributed by atoms with Crippen molar-refractivity contribution < 1.29 is 0 Å². The summed E-state index contributed by atoms with van der Waals surface area (Å²) in [6.07, 6.45) is 5.31. The molecule has 20 heavy (non-hydrogen) atoms. The standard InChI is InChI=1S/C15H18N4.ClH/c1-4-8-19(9-5-2)15-13-10-12(16-3)6-7-14(13)17-11-18-15;/h4-7,10-11,16H,1-2,8-9H2,3H3;1H. The topological polar surface area (TPSA) is 41.1 Å². The molecule has 0 saturated heterocycles. The third kappa shape index (κ3) is 3.27. The Labute approximate surface area is 125 Å². The van der Waals surface area contributed by atoms with E-state index in [1.807, 2.05) is 31.3 Å². The van der Waals surface area contributed by atoms with Gasteiger partial charge in [0.05, 0.1) is 5.52 Å². The van der Waals surface area contributed by atoms with E-state index in [0.29, 0.717) is 0 Å². The van der Waals surface area contributed by atoms with E-state index in [1.165, 1.54) is 0 Å². The van der Waals surface area contributed by atoms with Gasteiger partial charge < -0.3 is 10.2 Å². The Kier molecular flexibility index (Phi) is 6.00. The fourth-order valence-electron chi connectivity index (χ4n) is 2.01. The summed E-state index contributed by atoms with van der Waals surface area (Å²) in [4.78, 5) is 10.8. The van der Waals surface area contributed by atoms with Gasteiger partial charge in [0.15, 0.2) is 0 Å². The van der Waals surface area contributed by atoms with E-state index in [4.69, 9.17) is 0 Å². The highest BCUT2D eigenvalue weighted by atomic mass is 35.5. The number of aromatic nitrogens is 2. The van der Waals surface area contributed by atoms with E-state index in [-0.39, 0.29) is 12.4 Å². The molecular formula is C15H19ClN4. The molecule has 1 aromatic heterocycles. The molecule has 106 valence electrons. The first-order valence-corrected chi connectivity index (χ1v) is 6.19. The number of nitrogens with zero attached hydrogens (tertiary/aromatic N) is 3. The van der Waals surface area contributed by atoms with Gasteiger partial charge in [-0.1, -0.05) is 12.2 Å². The molecular weight excluding hydrogens is 272 g/mol. The Hall–Kier alpha value is -2.07. The Bertz CT molecular complexity index is 587. The lowest BCUT2D eigenvalue weighted by Gasteiger charge is -2.21. The van der Waals surface area contributed by atoms with Crippen molar-refractivity contribution in [1.29, 1.82) is 0 Å². The van der Waals surface area contributed by atoms with Gasteiger partial charge in [0.25, 0.3) is 0 Å². The van der Waals surface area contributed by atoms with Crippen LogP contribution in [0.1, 0.15) is 0 Å². The minimum atomic E-state index is 0. The monoisotopic (exact) mass is 290 g/mol. The average Bonchev–Trinajstić information content (AvgIpc) is 2.46. The van der Waals surface area contributed by atoms with Crippen LogP contribution in [-0.4, -0.2) is 30.1 Å². The van der Waals surface area contributed by atoms with E-state index in [2.05, 4.69) is 39.4 Å². The Morgan fingerprint density at radius 2 is 1.90 bits per heavy atom. The van der Waals surface area contributed by atoms with Gasteiger partial charge in [-0.2, -0.15) is 0 Å². The Morgan fingerprint density at radius 3 is 2.50 bits per heavy atom. The number of fused-ring (bicyclic) bond motifs is 1. The summed E-state index contributed by atoms with van der Waals surface area (Å²) in [5.41, 5.74) is 1.97. The summed E-state index contributed by atoms with van der Waals surface area (Å²) < 4.78 is 0. The second-order valence-electron chi connectivity index (χ2n) is 4.16. The lowest BCUT2D eigenvalue weighted by Crippen LogP contribution is -2.24. The van der Waals surface area contributed by atoms with Crippen molar-refractivity contribution in [2.75, 3.05) is 30.4 Å². The Morgan fingerprint density at radius 1 is 1.20 bits per heavy atom. The van der Waals surface area contributed by atoms with Crippen molar-refractivity contribution >= 4 is 34.8 Å². The number of halogens is 1. The van der Waals surface area contributed by atoms with Crippen LogP contribution in [0.2, 0.25) is 0 Å². The molecule has 4 nitrogen and oxygen atoms in total. The zero-order valence-corrected chi connectivity index (χ0v) is 12.4. The number of hydrogen-bond donors (Lipinski definition) is 1. The quantitative estimate of drug-likeness (QED) is 0.829. The predicted octanol–water partition coefficient (Wildman–Crippen LogP) is 3.27. The maximum absolute atomic E-state index is 4.41. The SMILES string of the molecule is C=CCN(CC=C)c1ncnc2ccc(NC)cc12.Cl.